The molecule has 3 rings (SSSR count). The molecule has 1 heterocycles. The van der Waals surface area contributed by atoms with Gasteiger partial charge in [-0.1, -0.05) is 23.8 Å². The lowest BCUT2D eigenvalue weighted by Crippen LogP contribution is -2.24. The van der Waals surface area contributed by atoms with Gasteiger partial charge in [0.1, 0.15) is 11.5 Å². The van der Waals surface area contributed by atoms with Crippen molar-refractivity contribution in [3.63, 3.8) is 0 Å². The number of carbonyl (C=O) groups excluding carboxylic acids is 1. The van der Waals surface area contributed by atoms with Crippen LogP contribution in [0.1, 0.15) is 21.6 Å². The third kappa shape index (κ3) is 2.72. The SMILES string of the molecule is Cc1ccc2c(c1)cc(C(=O)NCc1ccc(F)cc1)n2C. The number of nitrogens with one attached hydrogen (secondary N) is 1. The van der Waals surface area contributed by atoms with Gasteiger partial charge in [-0.3, -0.25) is 4.79 Å². The fourth-order valence-electron chi connectivity index (χ4n) is 2.56. The summed E-state index contributed by atoms with van der Waals surface area (Å²) in [6, 6.07) is 14.1. The number of hydrogen-bond acceptors (Lipinski definition) is 1. The highest BCUT2D eigenvalue weighted by atomic mass is 19.1. The molecule has 1 aromatic heterocycles. The maximum atomic E-state index is 12.9. The molecule has 2 aromatic carbocycles. The Morgan fingerprint density at radius 2 is 1.86 bits per heavy atom. The number of halogens is 1. The molecule has 0 bridgehead atoms. The van der Waals surface area contributed by atoms with Gasteiger partial charge in [0.25, 0.3) is 5.91 Å². The largest absolute Gasteiger partial charge is 0.347 e. The van der Waals surface area contributed by atoms with Gasteiger partial charge in [0, 0.05) is 24.5 Å². The number of nitrogens with zero attached hydrogens (tertiary/aromatic N) is 1. The minimum Gasteiger partial charge on any atom is -0.347 e. The first kappa shape index (κ1) is 14.3. The van der Waals surface area contributed by atoms with Crippen molar-refractivity contribution in [1.82, 2.24) is 9.88 Å². The summed E-state index contributed by atoms with van der Waals surface area (Å²) >= 11 is 0. The molecule has 0 spiro atoms. The Kier molecular flexibility index (Phi) is 3.67. The van der Waals surface area contributed by atoms with Gasteiger partial charge >= 0.3 is 0 Å². The molecule has 112 valence electrons. The fraction of sp³-hybridized carbons (Fsp3) is 0.167. The van der Waals surface area contributed by atoms with Crippen LogP contribution in [0.2, 0.25) is 0 Å². The van der Waals surface area contributed by atoms with Crippen molar-refractivity contribution >= 4 is 16.8 Å². The zero-order valence-corrected chi connectivity index (χ0v) is 12.6. The van der Waals surface area contributed by atoms with Gasteiger partial charge in [0.15, 0.2) is 0 Å². The summed E-state index contributed by atoms with van der Waals surface area (Å²) in [5.41, 5.74) is 3.67. The Morgan fingerprint density at radius 1 is 1.14 bits per heavy atom. The van der Waals surface area contributed by atoms with Gasteiger partial charge in [0.05, 0.1) is 0 Å². The lowest BCUT2D eigenvalue weighted by atomic mass is 10.2. The minimum atomic E-state index is -0.279. The van der Waals surface area contributed by atoms with Crippen LogP contribution in [-0.2, 0) is 13.6 Å². The van der Waals surface area contributed by atoms with Gasteiger partial charge in [-0.05, 0) is 42.8 Å². The Bertz CT molecular complexity index is 834. The molecule has 0 aliphatic heterocycles. The van der Waals surface area contributed by atoms with E-state index in [0.717, 1.165) is 22.0 Å². The average Bonchev–Trinajstić information content (AvgIpc) is 2.83. The maximum absolute atomic E-state index is 12.9. The number of amides is 1. The Labute approximate surface area is 128 Å². The number of aromatic nitrogens is 1. The summed E-state index contributed by atoms with van der Waals surface area (Å²) in [6.07, 6.45) is 0. The fourth-order valence-corrected chi connectivity index (χ4v) is 2.56. The molecule has 3 aromatic rings. The number of fused-ring (bicyclic) bond motifs is 1. The molecular formula is C18H17FN2O. The summed E-state index contributed by atoms with van der Waals surface area (Å²) in [6.45, 7) is 2.40. The van der Waals surface area contributed by atoms with E-state index in [-0.39, 0.29) is 11.7 Å². The van der Waals surface area contributed by atoms with E-state index < -0.39 is 0 Å². The molecule has 0 radical (unpaired) electrons. The number of rotatable bonds is 3. The summed E-state index contributed by atoms with van der Waals surface area (Å²) in [7, 11) is 1.88. The zero-order valence-electron chi connectivity index (χ0n) is 12.6. The van der Waals surface area contributed by atoms with Gasteiger partial charge in [0.2, 0.25) is 0 Å². The normalized spacial score (nSPS) is 10.9. The Hall–Kier alpha value is -2.62. The first-order chi connectivity index (χ1) is 10.5. The molecule has 22 heavy (non-hydrogen) atoms. The van der Waals surface area contributed by atoms with E-state index in [1.807, 2.05) is 36.7 Å². The van der Waals surface area contributed by atoms with E-state index in [2.05, 4.69) is 11.4 Å². The van der Waals surface area contributed by atoms with Gasteiger partial charge in [-0.25, -0.2) is 4.39 Å². The highest BCUT2D eigenvalue weighted by Gasteiger charge is 2.13. The number of carbonyl (C=O) groups is 1. The average molecular weight is 296 g/mol. The third-order valence-corrected chi connectivity index (χ3v) is 3.80. The zero-order chi connectivity index (χ0) is 15.7. The molecule has 0 aliphatic rings. The Balaban J connectivity index is 1.80. The Morgan fingerprint density at radius 3 is 2.59 bits per heavy atom. The van der Waals surface area contributed by atoms with Gasteiger partial charge in [-0.2, -0.15) is 0 Å². The highest BCUT2D eigenvalue weighted by molar-refractivity contribution is 5.98. The number of benzene rings is 2. The number of hydrogen-bond donors (Lipinski definition) is 1. The van der Waals surface area contributed by atoms with Crippen molar-refractivity contribution in [2.45, 2.75) is 13.5 Å². The van der Waals surface area contributed by atoms with E-state index in [1.54, 1.807) is 12.1 Å². The second-order valence-electron chi connectivity index (χ2n) is 5.46. The molecule has 3 nitrogen and oxygen atoms in total. The summed E-state index contributed by atoms with van der Waals surface area (Å²) in [5.74, 6) is -0.417. The molecule has 1 N–H and O–H groups in total. The quantitative estimate of drug-likeness (QED) is 0.788. The lowest BCUT2D eigenvalue weighted by Gasteiger charge is -2.07. The highest BCUT2D eigenvalue weighted by Crippen LogP contribution is 2.20. The standard InChI is InChI=1S/C18H17FN2O/c1-12-3-8-16-14(9-12)10-17(21(16)2)18(22)20-11-13-4-6-15(19)7-5-13/h3-10H,11H2,1-2H3,(H,20,22). The van der Waals surface area contributed by atoms with Gasteiger partial charge in [-0.15, -0.1) is 0 Å². The second-order valence-corrected chi connectivity index (χ2v) is 5.46. The van der Waals surface area contributed by atoms with Crippen LogP contribution >= 0.6 is 0 Å². The van der Waals surface area contributed by atoms with Crippen molar-refractivity contribution in [1.29, 1.82) is 0 Å². The van der Waals surface area contributed by atoms with E-state index in [1.165, 1.54) is 12.1 Å². The number of aryl methyl sites for hydroxylation is 2. The first-order valence-electron chi connectivity index (χ1n) is 7.13. The van der Waals surface area contributed by atoms with Crippen LogP contribution in [0.4, 0.5) is 4.39 Å². The van der Waals surface area contributed by atoms with Crippen LogP contribution in [0.15, 0.2) is 48.5 Å². The first-order valence-corrected chi connectivity index (χ1v) is 7.13. The van der Waals surface area contributed by atoms with Crippen LogP contribution < -0.4 is 5.32 Å². The van der Waals surface area contributed by atoms with Crippen LogP contribution in [0, 0.1) is 12.7 Å². The second kappa shape index (κ2) is 5.64. The summed E-state index contributed by atoms with van der Waals surface area (Å²) < 4.78 is 14.7. The summed E-state index contributed by atoms with van der Waals surface area (Å²) in [4.78, 5) is 12.4. The van der Waals surface area contributed by atoms with Crippen molar-refractivity contribution in [2.75, 3.05) is 0 Å². The predicted octanol–water partition coefficient (Wildman–Crippen LogP) is 3.56. The minimum absolute atomic E-state index is 0.138. The van der Waals surface area contributed by atoms with Crippen molar-refractivity contribution < 1.29 is 9.18 Å². The third-order valence-electron chi connectivity index (χ3n) is 3.80. The van der Waals surface area contributed by atoms with E-state index in [9.17, 15) is 9.18 Å². The lowest BCUT2D eigenvalue weighted by molar-refractivity contribution is 0.0943. The molecule has 0 atom stereocenters. The molecule has 0 saturated heterocycles. The molecule has 1 amide bonds. The van der Waals surface area contributed by atoms with Crippen molar-refractivity contribution in [3.8, 4) is 0 Å². The molecule has 0 saturated carbocycles. The van der Waals surface area contributed by atoms with Crippen LogP contribution in [0.5, 0.6) is 0 Å². The monoisotopic (exact) mass is 296 g/mol. The molecule has 0 unspecified atom stereocenters. The summed E-state index contributed by atoms with van der Waals surface area (Å²) in [5, 5.41) is 3.92. The smallest absolute Gasteiger partial charge is 0.268 e. The van der Waals surface area contributed by atoms with Crippen molar-refractivity contribution in [3.05, 3.63) is 71.2 Å². The van der Waals surface area contributed by atoms with E-state index in [0.29, 0.717) is 12.2 Å². The van der Waals surface area contributed by atoms with E-state index >= 15 is 0 Å². The maximum Gasteiger partial charge on any atom is 0.268 e. The van der Waals surface area contributed by atoms with Crippen LogP contribution in [0.3, 0.4) is 0 Å². The molecule has 0 aliphatic carbocycles. The molecule has 4 heteroatoms. The molecule has 0 fully saturated rings. The topological polar surface area (TPSA) is 34.0 Å². The predicted molar refractivity (Wildman–Crippen MR) is 85.2 cm³/mol. The van der Waals surface area contributed by atoms with E-state index in [4.69, 9.17) is 0 Å². The van der Waals surface area contributed by atoms with Crippen LogP contribution in [-0.4, -0.2) is 10.5 Å². The van der Waals surface area contributed by atoms with Crippen LogP contribution in [0.25, 0.3) is 10.9 Å². The van der Waals surface area contributed by atoms with Crippen molar-refractivity contribution in [2.24, 2.45) is 7.05 Å². The molecular weight excluding hydrogens is 279 g/mol. The van der Waals surface area contributed by atoms with Gasteiger partial charge < -0.3 is 9.88 Å².